The van der Waals surface area contributed by atoms with E-state index in [4.69, 9.17) is 5.73 Å². The highest BCUT2D eigenvalue weighted by molar-refractivity contribution is 5.94. The third-order valence-corrected chi connectivity index (χ3v) is 2.88. The third-order valence-electron chi connectivity index (χ3n) is 2.88. The molecule has 0 aromatic carbocycles. The van der Waals surface area contributed by atoms with Crippen LogP contribution in [-0.2, 0) is 4.79 Å². The second kappa shape index (κ2) is 7.19. The molecule has 0 bridgehead atoms. The highest BCUT2D eigenvalue weighted by atomic mass is 16.3. The van der Waals surface area contributed by atoms with E-state index >= 15 is 0 Å². The van der Waals surface area contributed by atoms with E-state index in [-0.39, 0.29) is 18.6 Å². The molecule has 0 aliphatic rings. The van der Waals surface area contributed by atoms with Gasteiger partial charge in [-0.25, -0.2) is 4.79 Å². The predicted octanol–water partition coefficient (Wildman–Crippen LogP) is -0.430. The van der Waals surface area contributed by atoms with E-state index in [1.807, 2.05) is 19.2 Å². The number of nitrogens with two attached hydrogens (primary N) is 1. The van der Waals surface area contributed by atoms with Gasteiger partial charge in [-0.05, 0) is 12.8 Å². The van der Waals surface area contributed by atoms with Crippen molar-refractivity contribution in [1.29, 1.82) is 0 Å². The second-order valence-electron chi connectivity index (χ2n) is 3.88. The molecule has 6 nitrogen and oxygen atoms in total. The van der Waals surface area contributed by atoms with Crippen molar-refractivity contribution in [1.82, 2.24) is 10.6 Å². The Balaban J connectivity index is 3.95. The van der Waals surface area contributed by atoms with Gasteiger partial charge in [-0.1, -0.05) is 13.8 Å². The summed E-state index contributed by atoms with van der Waals surface area (Å²) in [6.45, 7) is 4.60. The first-order valence-corrected chi connectivity index (χ1v) is 5.40. The number of carbonyl (C=O) groups is 2. The van der Waals surface area contributed by atoms with Crippen molar-refractivity contribution >= 4 is 11.9 Å². The number of carbonyl (C=O) groups excluding carboxylic acids is 2. The van der Waals surface area contributed by atoms with Crippen molar-refractivity contribution in [2.24, 2.45) is 11.1 Å². The van der Waals surface area contributed by atoms with Gasteiger partial charge in [0.15, 0.2) is 0 Å². The Bertz CT molecular complexity index is 231. The van der Waals surface area contributed by atoms with Gasteiger partial charge in [0.25, 0.3) is 0 Å². The van der Waals surface area contributed by atoms with Crippen LogP contribution >= 0.6 is 0 Å². The van der Waals surface area contributed by atoms with E-state index in [0.717, 1.165) is 12.8 Å². The summed E-state index contributed by atoms with van der Waals surface area (Å²) in [5.41, 5.74) is 4.59. The van der Waals surface area contributed by atoms with Gasteiger partial charge in [0, 0.05) is 18.6 Å². The average Bonchev–Trinajstić information content (AvgIpc) is 2.24. The van der Waals surface area contributed by atoms with Crippen LogP contribution in [0.5, 0.6) is 0 Å². The van der Waals surface area contributed by atoms with Gasteiger partial charge < -0.3 is 16.2 Å². The van der Waals surface area contributed by atoms with Gasteiger partial charge in [-0.15, -0.1) is 0 Å². The molecular weight excluding hydrogens is 210 g/mol. The third kappa shape index (κ3) is 5.09. The number of hydrogen-bond acceptors (Lipinski definition) is 4. The quantitative estimate of drug-likeness (QED) is 0.477. The molecule has 0 heterocycles. The number of urea groups is 1. The molecule has 0 aliphatic heterocycles. The Labute approximate surface area is 95.6 Å². The summed E-state index contributed by atoms with van der Waals surface area (Å²) in [4.78, 5) is 21.4. The zero-order chi connectivity index (χ0) is 12.6. The van der Waals surface area contributed by atoms with Gasteiger partial charge in [0.05, 0.1) is 6.54 Å². The lowest BCUT2D eigenvalue weighted by Gasteiger charge is -2.29. The van der Waals surface area contributed by atoms with E-state index in [9.17, 15) is 14.7 Å². The van der Waals surface area contributed by atoms with E-state index in [1.165, 1.54) is 0 Å². The molecular formula is C10H21N3O3. The van der Waals surface area contributed by atoms with Crippen LogP contribution in [0.3, 0.4) is 0 Å². The summed E-state index contributed by atoms with van der Waals surface area (Å²) < 4.78 is 0. The molecule has 0 rings (SSSR count). The van der Waals surface area contributed by atoms with Gasteiger partial charge in [0.1, 0.15) is 0 Å². The van der Waals surface area contributed by atoms with Crippen LogP contribution in [0, 0.1) is 5.41 Å². The van der Waals surface area contributed by atoms with E-state index < -0.39 is 11.9 Å². The number of imide groups is 1. The fraction of sp³-hybridized carbons (Fsp3) is 0.800. The molecule has 0 aliphatic carbocycles. The molecule has 0 fully saturated rings. The van der Waals surface area contributed by atoms with E-state index in [0.29, 0.717) is 6.54 Å². The summed E-state index contributed by atoms with van der Waals surface area (Å²) in [6, 6.07) is -0.855. The molecule has 0 atom stereocenters. The van der Waals surface area contributed by atoms with E-state index in [1.54, 1.807) is 0 Å². The Morgan fingerprint density at radius 3 is 2.25 bits per heavy atom. The zero-order valence-corrected chi connectivity index (χ0v) is 9.88. The molecule has 94 valence electrons. The smallest absolute Gasteiger partial charge is 0.318 e. The van der Waals surface area contributed by atoms with Crippen LogP contribution in [0.1, 0.15) is 26.7 Å². The van der Waals surface area contributed by atoms with Crippen molar-refractivity contribution in [3.8, 4) is 0 Å². The zero-order valence-electron chi connectivity index (χ0n) is 9.88. The second-order valence-corrected chi connectivity index (χ2v) is 3.88. The van der Waals surface area contributed by atoms with Crippen LogP contribution in [0.2, 0.25) is 0 Å². The van der Waals surface area contributed by atoms with Crippen molar-refractivity contribution in [3.63, 3.8) is 0 Å². The van der Waals surface area contributed by atoms with E-state index in [2.05, 4.69) is 5.32 Å². The first kappa shape index (κ1) is 14.9. The van der Waals surface area contributed by atoms with Crippen molar-refractivity contribution in [2.75, 3.05) is 19.7 Å². The summed E-state index contributed by atoms with van der Waals surface area (Å²) in [5, 5.41) is 14.1. The topological polar surface area (TPSA) is 104 Å². The summed E-state index contributed by atoms with van der Waals surface area (Å²) in [5.74, 6) is -0.466. The first-order valence-electron chi connectivity index (χ1n) is 5.40. The lowest BCUT2D eigenvalue weighted by Crippen LogP contribution is -2.44. The highest BCUT2D eigenvalue weighted by Gasteiger charge is 2.24. The highest BCUT2D eigenvalue weighted by Crippen LogP contribution is 2.24. The maximum absolute atomic E-state index is 11.1. The lowest BCUT2D eigenvalue weighted by molar-refractivity contribution is -0.119. The molecule has 0 aromatic heterocycles. The fourth-order valence-electron chi connectivity index (χ4n) is 1.40. The van der Waals surface area contributed by atoms with Crippen LogP contribution in [0.25, 0.3) is 0 Å². The largest absolute Gasteiger partial charge is 0.396 e. The number of hydrogen-bond donors (Lipinski definition) is 4. The molecule has 5 N–H and O–H groups in total. The molecule has 6 heteroatoms. The molecule has 0 saturated carbocycles. The molecule has 16 heavy (non-hydrogen) atoms. The maximum Gasteiger partial charge on any atom is 0.318 e. The SMILES string of the molecule is CCC(CC)(CO)CNCC(=O)NC(N)=O. The Morgan fingerprint density at radius 2 is 1.88 bits per heavy atom. The molecule has 0 radical (unpaired) electrons. The Hall–Kier alpha value is -1.14. The Morgan fingerprint density at radius 1 is 1.31 bits per heavy atom. The van der Waals surface area contributed by atoms with Gasteiger partial charge in [0.2, 0.25) is 5.91 Å². The van der Waals surface area contributed by atoms with Gasteiger partial charge >= 0.3 is 6.03 Å². The number of nitrogens with one attached hydrogen (secondary N) is 2. The number of rotatable bonds is 7. The van der Waals surface area contributed by atoms with Crippen LogP contribution in [-0.4, -0.2) is 36.7 Å². The van der Waals surface area contributed by atoms with Crippen LogP contribution in [0.15, 0.2) is 0 Å². The maximum atomic E-state index is 11.1. The normalized spacial score (nSPS) is 11.2. The minimum Gasteiger partial charge on any atom is -0.396 e. The average molecular weight is 231 g/mol. The van der Waals surface area contributed by atoms with Crippen LogP contribution in [0.4, 0.5) is 4.79 Å². The lowest BCUT2D eigenvalue weighted by atomic mass is 9.83. The van der Waals surface area contributed by atoms with Crippen molar-refractivity contribution in [2.45, 2.75) is 26.7 Å². The first-order chi connectivity index (χ1) is 7.49. The summed E-state index contributed by atoms with van der Waals surface area (Å²) in [7, 11) is 0. The Kier molecular flexibility index (Phi) is 6.67. The predicted molar refractivity (Wildman–Crippen MR) is 60.7 cm³/mol. The standard InChI is InChI=1S/C10H21N3O3/c1-3-10(4-2,7-14)6-12-5-8(15)13-9(11)16/h12,14H,3-7H2,1-2H3,(H3,11,13,15,16). The summed E-state index contributed by atoms with van der Waals surface area (Å²) in [6.07, 6.45) is 1.65. The minimum absolute atomic E-state index is 0.0185. The van der Waals surface area contributed by atoms with Crippen molar-refractivity contribution in [3.05, 3.63) is 0 Å². The molecule has 0 unspecified atom stereocenters. The molecule has 3 amide bonds. The number of aliphatic hydroxyl groups excluding tert-OH is 1. The number of aliphatic hydroxyl groups is 1. The minimum atomic E-state index is -0.855. The number of amides is 3. The monoisotopic (exact) mass is 231 g/mol. The van der Waals surface area contributed by atoms with Gasteiger partial charge in [-0.3, -0.25) is 10.1 Å². The van der Waals surface area contributed by atoms with Crippen LogP contribution < -0.4 is 16.4 Å². The summed E-state index contributed by atoms with van der Waals surface area (Å²) >= 11 is 0. The number of primary amides is 1. The van der Waals surface area contributed by atoms with Crippen molar-refractivity contribution < 1.29 is 14.7 Å². The molecule has 0 aromatic rings. The fourth-order valence-corrected chi connectivity index (χ4v) is 1.40. The molecule has 0 spiro atoms. The molecule has 0 saturated heterocycles. The van der Waals surface area contributed by atoms with Gasteiger partial charge in [-0.2, -0.15) is 0 Å².